The van der Waals surface area contributed by atoms with Gasteiger partial charge in [0.15, 0.2) is 10.5 Å². The van der Waals surface area contributed by atoms with Crippen molar-refractivity contribution in [3.05, 3.63) is 41.4 Å². The molecule has 224 valence electrons. The minimum absolute atomic E-state index is 0.223. The van der Waals surface area contributed by atoms with E-state index in [0.717, 1.165) is 38.8 Å². The summed E-state index contributed by atoms with van der Waals surface area (Å²) in [7, 11) is 1.47. The van der Waals surface area contributed by atoms with Crippen molar-refractivity contribution in [2.75, 3.05) is 25.1 Å². The molecule has 1 aliphatic carbocycles. The molecule has 1 saturated carbocycles. The Bertz CT molecular complexity index is 1200. The van der Waals surface area contributed by atoms with Crippen molar-refractivity contribution in [1.29, 1.82) is 0 Å². The van der Waals surface area contributed by atoms with E-state index < -0.39 is 18.4 Å². The summed E-state index contributed by atoms with van der Waals surface area (Å²) in [5, 5.41) is 9.84. The molecule has 11 heteroatoms. The molecule has 41 heavy (non-hydrogen) atoms. The Balaban J connectivity index is 0.00000111. The summed E-state index contributed by atoms with van der Waals surface area (Å²) in [5.41, 5.74) is 4.06. The van der Waals surface area contributed by atoms with E-state index in [1.807, 2.05) is 27.7 Å². The SMILES string of the molecule is CC.CC.COC1=CNC(C(F)F)C=C1c1cc(N2CCC(C)CC2)ncc1C(=O)NC1=NNC(C#CC2CC2)S1. The molecule has 2 fully saturated rings. The van der Waals surface area contributed by atoms with Crippen LogP contribution in [0, 0.1) is 23.7 Å². The molecule has 0 radical (unpaired) electrons. The summed E-state index contributed by atoms with van der Waals surface area (Å²) in [4.78, 5) is 20.2. The van der Waals surface area contributed by atoms with Gasteiger partial charge in [-0.1, -0.05) is 46.5 Å². The predicted octanol–water partition coefficient (Wildman–Crippen LogP) is 5.56. The van der Waals surface area contributed by atoms with Crippen molar-refractivity contribution in [2.24, 2.45) is 16.9 Å². The Morgan fingerprint density at radius 3 is 2.51 bits per heavy atom. The molecule has 0 spiro atoms. The first-order chi connectivity index (χ1) is 19.9. The van der Waals surface area contributed by atoms with Crippen molar-refractivity contribution in [3.8, 4) is 11.8 Å². The third-order valence-electron chi connectivity index (χ3n) is 6.77. The molecule has 1 amide bonds. The van der Waals surface area contributed by atoms with Gasteiger partial charge in [0.2, 0.25) is 0 Å². The average molecular weight is 589 g/mol. The van der Waals surface area contributed by atoms with Gasteiger partial charge >= 0.3 is 0 Å². The van der Waals surface area contributed by atoms with Crippen LogP contribution >= 0.6 is 11.8 Å². The maximum Gasteiger partial charge on any atom is 0.261 e. The van der Waals surface area contributed by atoms with Gasteiger partial charge in [-0.05, 0) is 55.5 Å². The zero-order valence-corrected chi connectivity index (χ0v) is 25.6. The van der Waals surface area contributed by atoms with E-state index in [1.165, 1.54) is 37.3 Å². The highest BCUT2D eigenvalue weighted by atomic mass is 32.2. The average Bonchev–Trinajstić information content (AvgIpc) is 3.74. The molecule has 5 rings (SSSR count). The molecule has 3 N–H and O–H groups in total. The molecule has 1 aromatic heterocycles. The van der Waals surface area contributed by atoms with Gasteiger partial charge in [0.1, 0.15) is 17.6 Å². The number of amides is 1. The van der Waals surface area contributed by atoms with E-state index in [0.29, 0.717) is 39.7 Å². The van der Waals surface area contributed by atoms with Crippen molar-refractivity contribution >= 4 is 34.2 Å². The van der Waals surface area contributed by atoms with Crippen molar-refractivity contribution in [3.63, 3.8) is 0 Å². The van der Waals surface area contributed by atoms with Crippen molar-refractivity contribution in [1.82, 2.24) is 21.0 Å². The molecule has 2 atom stereocenters. The maximum absolute atomic E-state index is 13.6. The van der Waals surface area contributed by atoms with Crippen LogP contribution < -0.4 is 21.0 Å². The second-order valence-electron chi connectivity index (χ2n) is 9.64. The maximum atomic E-state index is 13.6. The number of hydrogen-bond acceptors (Lipinski definition) is 8. The second kappa shape index (κ2) is 15.7. The van der Waals surface area contributed by atoms with Crippen LogP contribution in [-0.2, 0) is 4.74 Å². The van der Waals surface area contributed by atoms with E-state index in [9.17, 15) is 13.6 Å². The molecule has 1 saturated heterocycles. The standard InChI is InChI=1S/C26H30F2N6O2S.2C2H6/c1-15-7-9-34(10-8-15)22-12-17(18-11-20(24(27)28)29-14-21(18)36-2)19(13-30-22)25(35)31-26-33-32-23(37-26)6-5-16-3-4-16;2*1-2/h11-16,20,23-24,29,32H,3-4,7-10H2,1-2H3,(H,31,33,35);2*1-2H3. The number of allylic oxidation sites excluding steroid dienone is 1. The largest absolute Gasteiger partial charge is 0.495 e. The molecular formula is C30H42F2N6O2S. The van der Waals surface area contributed by atoms with Crippen molar-refractivity contribution < 1.29 is 18.3 Å². The van der Waals surface area contributed by atoms with Crippen LogP contribution in [-0.4, -0.2) is 54.1 Å². The van der Waals surface area contributed by atoms with Gasteiger partial charge in [-0.25, -0.2) is 13.8 Å². The number of halogens is 2. The minimum Gasteiger partial charge on any atom is -0.495 e. The number of aromatic nitrogens is 1. The first-order valence-corrected chi connectivity index (χ1v) is 15.4. The van der Waals surface area contributed by atoms with E-state index in [-0.39, 0.29) is 10.9 Å². The highest BCUT2D eigenvalue weighted by Gasteiger charge is 2.29. The van der Waals surface area contributed by atoms with Gasteiger partial charge in [0, 0.05) is 42.5 Å². The Hall–Kier alpha value is -3.26. The third-order valence-corrected chi connectivity index (χ3v) is 7.65. The number of amidine groups is 1. The zero-order valence-electron chi connectivity index (χ0n) is 24.8. The summed E-state index contributed by atoms with van der Waals surface area (Å²) in [5.74, 6) is 8.05. The van der Waals surface area contributed by atoms with Gasteiger partial charge in [-0.2, -0.15) is 5.10 Å². The predicted molar refractivity (Wildman–Crippen MR) is 163 cm³/mol. The molecular weight excluding hydrogens is 546 g/mol. The number of thioether (sulfide) groups is 1. The number of hydrazone groups is 1. The van der Waals surface area contributed by atoms with Gasteiger partial charge in [-0.15, -0.1) is 0 Å². The first kappa shape index (κ1) is 32.3. The normalized spacial score (nSPS) is 21.7. The summed E-state index contributed by atoms with van der Waals surface area (Å²) in [6.45, 7) is 11.9. The van der Waals surface area contributed by atoms with Crippen molar-refractivity contribution in [2.45, 2.75) is 78.1 Å². The van der Waals surface area contributed by atoms with E-state index in [1.54, 1.807) is 6.07 Å². The van der Waals surface area contributed by atoms with Crippen LogP contribution in [0.4, 0.5) is 14.6 Å². The number of nitrogens with zero attached hydrogens (tertiary/aromatic N) is 3. The number of rotatable bonds is 5. The molecule has 3 aliphatic heterocycles. The number of nitrogens with one attached hydrogen (secondary N) is 3. The van der Waals surface area contributed by atoms with Crippen LogP contribution in [0.2, 0.25) is 0 Å². The lowest BCUT2D eigenvalue weighted by Crippen LogP contribution is -2.35. The summed E-state index contributed by atoms with van der Waals surface area (Å²) < 4.78 is 32.7. The first-order valence-electron chi connectivity index (χ1n) is 14.5. The van der Waals surface area contributed by atoms with Gasteiger partial charge in [-0.3, -0.25) is 15.5 Å². The number of hydrogen-bond donors (Lipinski definition) is 3. The summed E-state index contributed by atoms with van der Waals surface area (Å²) in [6, 6.07) is 0.588. The fourth-order valence-electron chi connectivity index (χ4n) is 4.34. The molecule has 8 nitrogen and oxygen atoms in total. The van der Waals surface area contributed by atoms with E-state index >= 15 is 0 Å². The highest BCUT2D eigenvalue weighted by Crippen LogP contribution is 2.33. The lowest BCUT2D eigenvalue weighted by Gasteiger charge is -2.32. The lowest BCUT2D eigenvalue weighted by molar-refractivity contribution is 0.0977. The zero-order chi connectivity index (χ0) is 29.9. The molecule has 2 unspecified atom stereocenters. The number of dihydropyridines is 1. The molecule has 1 aromatic rings. The van der Waals surface area contributed by atoms with Gasteiger partial charge < -0.3 is 15.0 Å². The third kappa shape index (κ3) is 8.62. The van der Waals surface area contributed by atoms with Crippen LogP contribution in [0.25, 0.3) is 5.57 Å². The Kier molecular flexibility index (Phi) is 12.3. The Labute approximate surface area is 246 Å². The van der Waals surface area contributed by atoms with Crippen LogP contribution in [0.15, 0.2) is 35.4 Å². The molecule has 0 bridgehead atoms. The van der Waals surface area contributed by atoms with Crippen LogP contribution in [0.1, 0.15) is 76.2 Å². The fraction of sp³-hybridized carbons (Fsp3) is 0.567. The number of ether oxygens (including phenoxy) is 1. The number of carbonyl (C=O) groups is 1. The topological polar surface area (TPSA) is 90.9 Å². The Morgan fingerprint density at radius 1 is 1.17 bits per heavy atom. The summed E-state index contributed by atoms with van der Waals surface area (Å²) >= 11 is 1.33. The minimum atomic E-state index is -2.63. The smallest absolute Gasteiger partial charge is 0.261 e. The van der Waals surface area contributed by atoms with Gasteiger partial charge in [0.05, 0.1) is 12.7 Å². The number of methoxy groups -OCH3 is 1. The summed E-state index contributed by atoms with van der Waals surface area (Å²) in [6.07, 6.45) is 6.04. The Morgan fingerprint density at radius 2 is 1.88 bits per heavy atom. The molecule has 4 aliphatic rings. The number of anilines is 1. The molecule has 4 heterocycles. The van der Waals surface area contributed by atoms with E-state index in [2.05, 4.69) is 49.8 Å². The number of alkyl halides is 2. The van der Waals surface area contributed by atoms with Crippen LogP contribution in [0.5, 0.6) is 0 Å². The van der Waals surface area contributed by atoms with Crippen LogP contribution in [0.3, 0.4) is 0 Å². The highest BCUT2D eigenvalue weighted by molar-refractivity contribution is 8.14. The number of carbonyl (C=O) groups excluding carboxylic acids is 1. The van der Waals surface area contributed by atoms with Gasteiger partial charge in [0.25, 0.3) is 12.3 Å². The van der Waals surface area contributed by atoms with E-state index in [4.69, 9.17) is 4.74 Å². The quantitative estimate of drug-likeness (QED) is 0.389. The second-order valence-corrected chi connectivity index (χ2v) is 10.7. The molecule has 0 aromatic carbocycles. The number of piperidine rings is 1. The fourth-order valence-corrected chi connectivity index (χ4v) is 5.05. The number of pyridine rings is 1. The lowest BCUT2D eigenvalue weighted by atomic mass is 9.95. The monoisotopic (exact) mass is 588 g/mol.